The third-order valence-electron chi connectivity index (χ3n) is 5.79. The highest BCUT2D eigenvalue weighted by Crippen LogP contribution is 2.37. The van der Waals surface area contributed by atoms with Crippen LogP contribution in [0, 0.1) is 5.41 Å². The van der Waals surface area contributed by atoms with E-state index in [2.05, 4.69) is 62.6 Å². The lowest BCUT2D eigenvalue weighted by atomic mass is 9.75. The van der Waals surface area contributed by atoms with Gasteiger partial charge in [-0.2, -0.15) is 4.98 Å². The minimum Gasteiger partial charge on any atom is -0.339 e. The van der Waals surface area contributed by atoms with Gasteiger partial charge in [0.1, 0.15) is 5.82 Å². The average molecular weight is 415 g/mol. The molecule has 1 heterocycles. The SMILES string of the molecule is CCc1ccc(Nc2nc3c(c(Nc4ccc(CC)cc4)n2)C(=O)CC(C)(C)C3)cc1. The zero-order chi connectivity index (χ0) is 22.0. The number of aromatic nitrogens is 2. The molecule has 0 aliphatic heterocycles. The highest BCUT2D eigenvalue weighted by molar-refractivity contribution is 6.03. The molecule has 0 unspecified atom stereocenters. The number of benzene rings is 2. The van der Waals surface area contributed by atoms with Crippen molar-refractivity contribution in [2.75, 3.05) is 10.6 Å². The number of hydrogen-bond acceptors (Lipinski definition) is 5. The van der Waals surface area contributed by atoms with Crippen molar-refractivity contribution in [3.8, 4) is 0 Å². The molecule has 2 N–H and O–H groups in total. The Labute approximate surface area is 184 Å². The van der Waals surface area contributed by atoms with E-state index in [-0.39, 0.29) is 11.2 Å². The molecule has 0 amide bonds. The van der Waals surface area contributed by atoms with Gasteiger partial charge in [0.25, 0.3) is 0 Å². The molecule has 5 nitrogen and oxygen atoms in total. The van der Waals surface area contributed by atoms with Crippen molar-refractivity contribution >= 4 is 28.9 Å². The summed E-state index contributed by atoms with van der Waals surface area (Å²) in [4.78, 5) is 22.5. The molecule has 3 aromatic rings. The average Bonchev–Trinajstić information content (AvgIpc) is 2.73. The molecule has 2 aromatic carbocycles. The minimum absolute atomic E-state index is 0.0952. The Hall–Kier alpha value is -3.21. The Kier molecular flexibility index (Phi) is 5.77. The number of aryl methyl sites for hydroxylation is 2. The van der Waals surface area contributed by atoms with Crippen molar-refractivity contribution in [1.82, 2.24) is 9.97 Å². The number of ketones is 1. The molecule has 1 aliphatic carbocycles. The van der Waals surface area contributed by atoms with E-state index in [4.69, 9.17) is 9.97 Å². The van der Waals surface area contributed by atoms with Crippen LogP contribution in [0.25, 0.3) is 0 Å². The molecule has 5 heteroatoms. The first-order valence-corrected chi connectivity index (χ1v) is 11.0. The third-order valence-corrected chi connectivity index (χ3v) is 5.79. The number of carbonyl (C=O) groups excluding carboxylic acids is 1. The van der Waals surface area contributed by atoms with Crippen LogP contribution in [0.15, 0.2) is 48.5 Å². The fraction of sp³-hybridized carbons (Fsp3) is 0.346. The zero-order valence-electron chi connectivity index (χ0n) is 18.7. The van der Waals surface area contributed by atoms with Crippen LogP contribution >= 0.6 is 0 Å². The molecule has 0 spiro atoms. The van der Waals surface area contributed by atoms with E-state index in [1.807, 2.05) is 24.3 Å². The lowest BCUT2D eigenvalue weighted by Crippen LogP contribution is -2.29. The number of fused-ring (bicyclic) bond motifs is 1. The smallest absolute Gasteiger partial charge is 0.229 e. The van der Waals surface area contributed by atoms with Crippen LogP contribution in [0.5, 0.6) is 0 Å². The highest BCUT2D eigenvalue weighted by atomic mass is 16.1. The van der Waals surface area contributed by atoms with E-state index in [0.29, 0.717) is 23.8 Å². The van der Waals surface area contributed by atoms with Crippen molar-refractivity contribution in [2.45, 2.75) is 53.4 Å². The number of nitrogens with one attached hydrogen (secondary N) is 2. The molecule has 4 rings (SSSR count). The molecule has 1 aromatic heterocycles. The quantitative estimate of drug-likeness (QED) is 0.499. The van der Waals surface area contributed by atoms with Crippen LogP contribution in [-0.4, -0.2) is 15.8 Å². The topological polar surface area (TPSA) is 66.9 Å². The van der Waals surface area contributed by atoms with E-state index in [9.17, 15) is 4.79 Å². The zero-order valence-corrected chi connectivity index (χ0v) is 18.7. The standard InChI is InChI=1S/C26H30N4O/c1-5-17-7-11-19(12-8-17)27-24-23-21(15-26(3,4)16-22(23)31)29-25(30-24)28-20-13-9-18(6-2)10-14-20/h7-14H,5-6,15-16H2,1-4H3,(H2,27,28,29,30). The second kappa shape index (κ2) is 8.50. The lowest BCUT2D eigenvalue weighted by molar-refractivity contribution is 0.0911. The van der Waals surface area contributed by atoms with Gasteiger partial charge in [-0.25, -0.2) is 4.98 Å². The Bertz CT molecular complexity index is 1090. The summed E-state index contributed by atoms with van der Waals surface area (Å²) < 4.78 is 0. The van der Waals surface area contributed by atoms with Gasteiger partial charge in [-0.3, -0.25) is 4.79 Å². The Morgan fingerprint density at radius 1 is 0.806 bits per heavy atom. The molecular weight excluding hydrogens is 384 g/mol. The molecule has 31 heavy (non-hydrogen) atoms. The first-order chi connectivity index (χ1) is 14.9. The van der Waals surface area contributed by atoms with Crippen LogP contribution in [0.1, 0.15) is 61.3 Å². The molecule has 160 valence electrons. The van der Waals surface area contributed by atoms with Gasteiger partial charge in [0.05, 0.1) is 11.3 Å². The number of rotatable bonds is 6. The summed E-state index contributed by atoms with van der Waals surface area (Å²) in [6.07, 6.45) is 3.22. The lowest BCUT2D eigenvalue weighted by Gasteiger charge is -2.30. The maximum Gasteiger partial charge on any atom is 0.229 e. The number of Topliss-reactive ketones (excluding diaryl/α,β-unsaturated/α-hetero) is 1. The van der Waals surface area contributed by atoms with E-state index >= 15 is 0 Å². The fourth-order valence-corrected chi connectivity index (χ4v) is 4.03. The normalized spacial score (nSPS) is 14.8. The van der Waals surface area contributed by atoms with Gasteiger partial charge in [0.2, 0.25) is 5.95 Å². The molecule has 0 radical (unpaired) electrons. The summed E-state index contributed by atoms with van der Waals surface area (Å²) >= 11 is 0. The van der Waals surface area contributed by atoms with Gasteiger partial charge in [-0.15, -0.1) is 0 Å². The maximum absolute atomic E-state index is 13.0. The summed E-state index contributed by atoms with van der Waals surface area (Å²) in [6, 6.07) is 16.5. The number of anilines is 4. The molecule has 0 bridgehead atoms. The van der Waals surface area contributed by atoms with E-state index in [0.717, 1.165) is 36.3 Å². The third kappa shape index (κ3) is 4.76. The van der Waals surface area contributed by atoms with Crippen LogP contribution < -0.4 is 10.6 Å². The van der Waals surface area contributed by atoms with E-state index in [1.165, 1.54) is 11.1 Å². The second-order valence-electron chi connectivity index (χ2n) is 9.01. The van der Waals surface area contributed by atoms with Crippen molar-refractivity contribution in [3.63, 3.8) is 0 Å². The predicted octanol–water partition coefficient (Wildman–Crippen LogP) is 6.24. The van der Waals surface area contributed by atoms with Gasteiger partial charge in [0.15, 0.2) is 5.78 Å². The summed E-state index contributed by atoms with van der Waals surface area (Å²) in [6.45, 7) is 8.50. The summed E-state index contributed by atoms with van der Waals surface area (Å²) in [5.74, 6) is 1.17. The molecule has 1 aliphatic rings. The molecule has 0 fully saturated rings. The molecule has 0 saturated carbocycles. The number of carbonyl (C=O) groups is 1. The Balaban J connectivity index is 1.72. The number of hydrogen-bond donors (Lipinski definition) is 2. The van der Waals surface area contributed by atoms with Gasteiger partial charge in [0, 0.05) is 17.8 Å². The van der Waals surface area contributed by atoms with E-state index in [1.54, 1.807) is 0 Å². The van der Waals surface area contributed by atoms with Gasteiger partial charge in [-0.1, -0.05) is 52.0 Å². The highest BCUT2D eigenvalue weighted by Gasteiger charge is 2.35. The molecular formula is C26H30N4O. The maximum atomic E-state index is 13.0. The van der Waals surface area contributed by atoms with Gasteiger partial charge >= 0.3 is 0 Å². The fourth-order valence-electron chi connectivity index (χ4n) is 4.03. The van der Waals surface area contributed by atoms with Crippen LogP contribution in [-0.2, 0) is 19.3 Å². The minimum atomic E-state index is -0.113. The first kappa shape index (κ1) is 21.0. The summed E-state index contributed by atoms with van der Waals surface area (Å²) in [7, 11) is 0. The second-order valence-corrected chi connectivity index (χ2v) is 9.01. The largest absolute Gasteiger partial charge is 0.339 e. The van der Waals surface area contributed by atoms with Crippen molar-refractivity contribution in [2.24, 2.45) is 5.41 Å². The summed E-state index contributed by atoms with van der Waals surface area (Å²) in [5, 5.41) is 6.69. The number of nitrogens with zero attached hydrogens (tertiary/aromatic N) is 2. The Morgan fingerprint density at radius 3 is 1.90 bits per heavy atom. The van der Waals surface area contributed by atoms with E-state index < -0.39 is 0 Å². The predicted molar refractivity (Wildman–Crippen MR) is 127 cm³/mol. The molecule has 0 atom stereocenters. The van der Waals surface area contributed by atoms with Crippen LogP contribution in [0.3, 0.4) is 0 Å². The Morgan fingerprint density at radius 2 is 1.35 bits per heavy atom. The van der Waals surface area contributed by atoms with Crippen molar-refractivity contribution in [1.29, 1.82) is 0 Å². The van der Waals surface area contributed by atoms with Gasteiger partial charge in [-0.05, 0) is 60.1 Å². The molecule has 0 saturated heterocycles. The monoisotopic (exact) mass is 414 g/mol. The van der Waals surface area contributed by atoms with Crippen molar-refractivity contribution in [3.05, 3.63) is 70.9 Å². The van der Waals surface area contributed by atoms with Crippen LogP contribution in [0.2, 0.25) is 0 Å². The van der Waals surface area contributed by atoms with Gasteiger partial charge < -0.3 is 10.6 Å². The van der Waals surface area contributed by atoms with Crippen molar-refractivity contribution < 1.29 is 4.79 Å². The van der Waals surface area contributed by atoms with Crippen LogP contribution in [0.4, 0.5) is 23.1 Å². The first-order valence-electron chi connectivity index (χ1n) is 11.0. The summed E-state index contributed by atoms with van der Waals surface area (Å²) in [5.41, 5.74) is 5.69.